The number of rotatable bonds is 2. The molecule has 0 bridgehead atoms. The summed E-state index contributed by atoms with van der Waals surface area (Å²) in [5.41, 5.74) is 2.69. The van der Waals surface area contributed by atoms with Crippen LogP contribution in [0.25, 0.3) is 0 Å². The van der Waals surface area contributed by atoms with Crippen molar-refractivity contribution < 1.29 is 9.59 Å². The number of nitrogens with zero attached hydrogens (tertiary/aromatic N) is 6. The van der Waals surface area contributed by atoms with Gasteiger partial charge in [0.2, 0.25) is 0 Å². The first-order chi connectivity index (χ1) is 21.5. The second kappa shape index (κ2) is 11.1. The number of amides is 2. The van der Waals surface area contributed by atoms with Crippen LogP contribution in [0.5, 0.6) is 0 Å². The van der Waals surface area contributed by atoms with Crippen LogP contribution in [0.2, 0.25) is 26.2 Å². The number of hydrogen-bond donors (Lipinski definition) is 0. The first kappa shape index (κ1) is 38.0. The van der Waals surface area contributed by atoms with Crippen LogP contribution < -0.4 is 0 Å². The maximum absolute atomic E-state index is 15.8. The van der Waals surface area contributed by atoms with Crippen LogP contribution in [-0.2, 0) is 0 Å². The Balaban J connectivity index is 1.99. The van der Waals surface area contributed by atoms with Gasteiger partial charge >= 0.3 is 302 Å². The van der Waals surface area contributed by atoms with E-state index in [9.17, 15) is 0 Å². The molecule has 2 aromatic carbocycles. The van der Waals surface area contributed by atoms with Crippen molar-refractivity contribution in [1.29, 1.82) is 0 Å². The normalized spacial score (nSPS) is 22.8. The van der Waals surface area contributed by atoms with Crippen molar-refractivity contribution >= 4 is 56.9 Å². The fourth-order valence-electron chi connectivity index (χ4n) is 10.4. The Hall–Kier alpha value is -1.26. The van der Waals surface area contributed by atoms with Gasteiger partial charge in [0.1, 0.15) is 0 Å². The molecule has 0 saturated carbocycles. The Morgan fingerprint density at radius 2 is 0.667 bits per heavy atom. The van der Waals surface area contributed by atoms with E-state index in [-0.39, 0.29) is 34.0 Å². The molecule has 0 atom stereocenters. The van der Waals surface area contributed by atoms with E-state index in [1.807, 2.05) is 24.3 Å². The van der Waals surface area contributed by atoms with Crippen LogP contribution in [0.3, 0.4) is 0 Å². The Morgan fingerprint density at radius 3 is 0.854 bits per heavy atom. The predicted octanol–water partition coefficient (Wildman–Crippen LogP) is 7.61. The number of carbonyl (C=O) groups excluding carboxylic acids is 2. The van der Waals surface area contributed by atoms with Gasteiger partial charge < -0.3 is 0 Å². The zero-order chi connectivity index (χ0) is 36.6. The summed E-state index contributed by atoms with van der Waals surface area (Å²) in [6, 6.07) is 16.3. The molecule has 0 radical (unpaired) electrons. The van der Waals surface area contributed by atoms with Gasteiger partial charge in [0.15, 0.2) is 0 Å². The van der Waals surface area contributed by atoms with Crippen LogP contribution in [0.15, 0.2) is 48.5 Å². The number of benzene rings is 2. The summed E-state index contributed by atoms with van der Waals surface area (Å²) in [4.78, 5) is 31.6. The van der Waals surface area contributed by atoms with Gasteiger partial charge in [-0.15, -0.1) is 0 Å². The Morgan fingerprint density at radius 1 is 0.458 bits per heavy atom. The zero-order valence-corrected chi connectivity index (χ0v) is 39.3. The molecule has 3 saturated heterocycles. The van der Waals surface area contributed by atoms with Gasteiger partial charge in [0.05, 0.1) is 0 Å². The molecule has 3 heterocycles. The average molecular weight is 812 g/mol. The fraction of sp³-hybridized carbons (Fsp3) is 0.611. The van der Waals surface area contributed by atoms with Crippen molar-refractivity contribution in [2.45, 2.75) is 145 Å². The zero-order valence-electron chi connectivity index (χ0n) is 33.1. The molecule has 48 heavy (non-hydrogen) atoms. The topological polar surface area (TPSA) is 53.6 Å². The molecule has 0 aliphatic carbocycles. The molecular formula is C36H62Ge2N6O2Si2. The van der Waals surface area contributed by atoms with Gasteiger partial charge in [-0.25, -0.2) is 0 Å². The fourth-order valence-corrected chi connectivity index (χ4v) is 91.1. The van der Waals surface area contributed by atoms with Gasteiger partial charge in [0, 0.05) is 0 Å². The van der Waals surface area contributed by atoms with E-state index in [1.54, 1.807) is 0 Å². The van der Waals surface area contributed by atoms with Gasteiger partial charge in [-0.1, -0.05) is 0 Å². The first-order valence-corrected chi connectivity index (χ1v) is 30.9. The minimum atomic E-state index is -4.25. The summed E-state index contributed by atoms with van der Waals surface area (Å²) >= 11 is -8.49. The van der Waals surface area contributed by atoms with Crippen molar-refractivity contribution in [3.8, 4) is 0 Å². The molecule has 0 aromatic heterocycles. The summed E-state index contributed by atoms with van der Waals surface area (Å²) in [6.45, 7) is 41.5. The van der Waals surface area contributed by atoms with E-state index in [0.717, 1.165) is 22.3 Å². The summed E-state index contributed by atoms with van der Waals surface area (Å²) in [6.07, 6.45) is 0. The Labute approximate surface area is 300 Å². The summed E-state index contributed by atoms with van der Waals surface area (Å²) in [5.74, 6) is 0.202. The van der Waals surface area contributed by atoms with Crippen LogP contribution in [0.1, 0.15) is 115 Å². The molecule has 5 rings (SSSR count). The molecule has 12 heteroatoms. The summed E-state index contributed by atoms with van der Waals surface area (Å²) in [5, 5.41) is 0. The molecular weight excluding hydrogens is 750 g/mol. The van der Waals surface area contributed by atoms with E-state index in [0.29, 0.717) is 0 Å². The second-order valence-electron chi connectivity index (χ2n) is 19.2. The third kappa shape index (κ3) is 5.01. The van der Waals surface area contributed by atoms with E-state index >= 15 is 9.59 Å². The summed E-state index contributed by atoms with van der Waals surface area (Å²) < 4.78 is 16.2. The molecule has 0 N–H and O–H groups in total. The Bertz CT molecular complexity index is 1440. The number of carbonyl (C=O) groups is 2. The average Bonchev–Trinajstić information content (AvgIpc) is 2.84. The minimum absolute atomic E-state index is 0.101. The van der Waals surface area contributed by atoms with Crippen molar-refractivity contribution in [3.05, 3.63) is 70.8 Å². The van der Waals surface area contributed by atoms with Crippen molar-refractivity contribution in [3.63, 3.8) is 0 Å². The van der Waals surface area contributed by atoms with Gasteiger partial charge in [-0.2, -0.15) is 0 Å². The number of aryl methyl sites for hydroxylation is 2. The van der Waals surface area contributed by atoms with Crippen molar-refractivity contribution in [1.82, 2.24) is 19.7 Å². The molecule has 3 aliphatic rings. The van der Waals surface area contributed by atoms with Crippen molar-refractivity contribution in [2.75, 3.05) is 0 Å². The van der Waals surface area contributed by atoms with E-state index in [1.165, 1.54) is 0 Å². The van der Waals surface area contributed by atoms with Crippen LogP contribution in [0.4, 0.5) is 0 Å². The molecule has 3 aliphatic heterocycles. The van der Waals surface area contributed by atoms with Crippen LogP contribution in [0, 0.1) is 13.8 Å². The third-order valence-electron chi connectivity index (χ3n) is 10.3. The van der Waals surface area contributed by atoms with E-state index in [2.05, 4.69) is 167 Å². The molecule has 264 valence electrons. The quantitative estimate of drug-likeness (QED) is 0.292. The molecule has 2 aromatic rings. The van der Waals surface area contributed by atoms with E-state index < -0.39 is 45.1 Å². The standard InChI is InChI=1S/C36H62Ge2N6O2Si2/c1-27-19-23-29(24-20-27)31(45)39-37(41(33(3,4)5)47(15,16)42(37)34(6,7)8)40(32(46)30-25-21-28(2)22-26-30)38(39)43(35(9,10)11)48(17,18)44(38)36(12,13)14/h19-26H,1-18H3. The SMILES string of the molecule is Cc1ccc(C(=O)[N]2[Ge]3([N](C(C)(C)C)[Si](C)(C)[N]3C(C)(C)C)[N](C(=O)c3ccc(C)cc3)[Ge]23[N](C(C)(C)C)[Si](C)(C)[N]3C(C)(C)C)cc1. The maximum atomic E-state index is 15.8. The van der Waals surface area contributed by atoms with Gasteiger partial charge in [-0.05, 0) is 0 Å². The molecule has 2 spiro atoms. The van der Waals surface area contributed by atoms with E-state index in [4.69, 9.17) is 0 Å². The molecule has 0 unspecified atom stereocenters. The van der Waals surface area contributed by atoms with Gasteiger partial charge in [-0.3, -0.25) is 0 Å². The van der Waals surface area contributed by atoms with Crippen molar-refractivity contribution in [2.24, 2.45) is 0 Å². The number of hydrogen-bond acceptors (Lipinski definition) is 6. The van der Waals surface area contributed by atoms with Crippen LogP contribution in [-0.4, -0.2) is 98.8 Å². The monoisotopic (exact) mass is 814 g/mol. The Kier molecular flexibility index (Phi) is 8.80. The molecule has 8 nitrogen and oxygen atoms in total. The third-order valence-corrected chi connectivity index (χ3v) is 67.8. The molecule has 3 fully saturated rings. The second-order valence-corrected chi connectivity index (χ2v) is 47.2. The van der Waals surface area contributed by atoms with Crippen LogP contribution >= 0.6 is 0 Å². The van der Waals surface area contributed by atoms with Gasteiger partial charge in [0.25, 0.3) is 0 Å². The predicted molar refractivity (Wildman–Crippen MR) is 208 cm³/mol. The molecule has 2 amide bonds. The first-order valence-electron chi connectivity index (χ1n) is 17.6. The summed E-state index contributed by atoms with van der Waals surface area (Å²) in [7, 11) is -4.67.